The first-order valence-electron chi connectivity index (χ1n) is 11.1. The summed E-state index contributed by atoms with van der Waals surface area (Å²) in [6.07, 6.45) is 5.02. The summed E-state index contributed by atoms with van der Waals surface area (Å²) in [5.41, 5.74) is 2.61. The van der Waals surface area contributed by atoms with E-state index in [1.807, 2.05) is 40.7 Å². The van der Waals surface area contributed by atoms with Gasteiger partial charge in [0.15, 0.2) is 0 Å². The van der Waals surface area contributed by atoms with Crippen LogP contribution in [-0.2, 0) is 4.74 Å². The Morgan fingerprint density at radius 1 is 0.969 bits per heavy atom. The van der Waals surface area contributed by atoms with Gasteiger partial charge in [0, 0.05) is 55.1 Å². The Labute approximate surface area is 187 Å². The topological polar surface area (TPSA) is 89.3 Å². The van der Waals surface area contributed by atoms with Crippen molar-refractivity contribution in [3.63, 3.8) is 0 Å². The van der Waals surface area contributed by atoms with E-state index in [-0.39, 0.29) is 11.8 Å². The predicted octanol–water partition coefficient (Wildman–Crippen LogP) is 2.22. The molecule has 32 heavy (non-hydrogen) atoms. The quantitative estimate of drug-likeness (QED) is 0.623. The summed E-state index contributed by atoms with van der Waals surface area (Å²) in [4.78, 5) is 26.8. The molecule has 2 saturated heterocycles. The van der Waals surface area contributed by atoms with Gasteiger partial charge < -0.3 is 14.5 Å². The summed E-state index contributed by atoms with van der Waals surface area (Å²) in [6, 6.07) is 9.61. The summed E-state index contributed by atoms with van der Waals surface area (Å²) in [5, 5.41) is 7.64. The number of anilines is 1. The minimum Gasteiger partial charge on any atom is -0.378 e. The minimum absolute atomic E-state index is 0.0675. The van der Waals surface area contributed by atoms with Crippen molar-refractivity contribution in [1.29, 1.82) is 0 Å². The minimum atomic E-state index is 0.0675. The lowest BCUT2D eigenvalue weighted by atomic mass is 9.95. The first-order valence-corrected chi connectivity index (χ1v) is 11.1. The number of hydrogen-bond acceptors (Lipinski definition) is 7. The fourth-order valence-corrected chi connectivity index (χ4v) is 4.34. The van der Waals surface area contributed by atoms with Crippen LogP contribution in [0.15, 0.2) is 43.0 Å². The lowest BCUT2D eigenvalue weighted by Crippen LogP contribution is -2.39. The van der Waals surface area contributed by atoms with Gasteiger partial charge >= 0.3 is 0 Å². The van der Waals surface area contributed by atoms with Crippen molar-refractivity contribution < 1.29 is 9.53 Å². The van der Waals surface area contributed by atoms with E-state index in [2.05, 4.69) is 21.2 Å². The van der Waals surface area contributed by atoms with Gasteiger partial charge in [-0.2, -0.15) is 0 Å². The second-order valence-electron chi connectivity index (χ2n) is 8.31. The highest BCUT2D eigenvalue weighted by atomic mass is 16.5. The Morgan fingerprint density at radius 3 is 2.34 bits per heavy atom. The van der Waals surface area contributed by atoms with Crippen LogP contribution in [0.4, 0.5) is 5.82 Å². The molecule has 2 aromatic heterocycles. The second-order valence-corrected chi connectivity index (χ2v) is 8.31. The number of hydrogen-bond donors (Lipinski definition) is 0. The molecule has 0 atom stereocenters. The molecule has 0 saturated carbocycles. The van der Waals surface area contributed by atoms with Gasteiger partial charge in [-0.1, -0.05) is 0 Å². The molecule has 9 heteroatoms. The Balaban J connectivity index is 1.23. The molecule has 2 fully saturated rings. The SMILES string of the molecule is Cc1cc(N2CCOCC2)nc(C2CCN(C(=O)c3ccc(-n4cnnc4)cc3)CC2)n1. The highest BCUT2D eigenvalue weighted by molar-refractivity contribution is 5.94. The lowest BCUT2D eigenvalue weighted by molar-refractivity contribution is 0.0711. The summed E-state index contributed by atoms with van der Waals surface area (Å²) in [6.45, 7) is 6.63. The third-order valence-electron chi connectivity index (χ3n) is 6.17. The van der Waals surface area contributed by atoms with E-state index in [4.69, 9.17) is 14.7 Å². The van der Waals surface area contributed by atoms with E-state index in [1.54, 1.807) is 12.7 Å². The van der Waals surface area contributed by atoms with E-state index in [1.165, 1.54) is 0 Å². The fourth-order valence-electron chi connectivity index (χ4n) is 4.34. The number of benzene rings is 1. The maximum Gasteiger partial charge on any atom is 0.253 e. The number of morpholine rings is 1. The third kappa shape index (κ3) is 4.34. The number of aromatic nitrogens is 5. The van der Waals surface area contributed by atoms with Crippen molar-refractivity contribution in [1.82, 2.24) is 29.6 Å². The van der Waals surface area contributed by atoms with Crippen molar-refractivity contribution in [2.24, 2.45) is 0 Å². The monoisotopic (exact) mass is 433 g/mol. The predicted molar refractivity (Wildman–Crippen MR) is 119 cm³/mol. The molecule has 0 radical (unpaired) electrons. The van der Waals surface area contributed by atoms with Crippen LogP contribution < -0.4 is 4.90 Å². The third-order valence-corrected chi connectivity index (χ3v) is 6.17. The van der Waals surface area contributed by atoms with Crippen molar-refractivity contribution in [3.05, 3.63) is 60.1 Å². The summed E-state index contributed by atoms with van der Waals surface area (Å²) < 4.78 is 7.28. The Hall–Kier alpha value is -3.33. The molecule has 0 N–H and O–H groups in total. The molecule has 4 heterocycles. The number of carbonyl (C=O) groups is 1. The van der Waals surface area contributed by atoms with E-state index >= 15 is 0 Å². The number of piperidine rings is 1. The van der Waals surface area contributed by atoms with Gasteiger partial charge in [-0.05, 0) is 44.0 Å². The van der Waals surface area contributed by atoms with Crippen LogP contribution in [0.5, 0.6) is 0 Å². The van der Waals surface area contributed by atoms with E-state index < -0.39 is 0 Å². The lowest BCUT2D eigenvalue weighted by Gasteiger charge is -2.32. The molecule has 0 unspecified atom stereocenters. The number of aryl methyl sites for hydroxylation is 1. The van der Waals surface area contributed by atoms with Crippen LogP contribution >= 0.6 is 0 Å². The van der Waals surface area contributed by atoms with Crippen LogP contribution in [0, 0.1) is 6.92 Å². The molecular weight excluding hydrogens is 406 g/mol. The number of ether oxygens (including phenoxy) is 1. The zero-order valence-corrected chi connectivity index (χ0v) is 18.2. The molecule has 0 bridgehead atoms. The van der Waals surface area contributed by atoms with Crippen LogP contribution in [0.25, 0.3) is 5.69 Å². The average molecular weight is 434 g/mol. The van der Waals surface area contributed by atoms with E-state index in [0.717, 1.165) is 62.2 Å². The molecule has 2 aliphatic heterocycles. The van der Waals surface area contributed by atoms with E-state index in [0.29, 0.717) is 18.7 Å². The van der Waals surface area contributed by atoms with Crippen molar-refractivity contribution in [2.45, 2.75) is 25.7 Å². The van der Waals surface area contributed by atoms with Crippen molar-refractivity contribution in [2.75, 3.05) is 44.3 Å². The molecular formula is C23H27N7O2. The highest BCUT2D eigenvalue weighted by Gasteiger charge is 2.27. The summed E-state index contributed by atoms with van der Waals surface area (Å²) in [7, 11) is 0. The zero-order valence-electron chi connectivity index (χ0n) is 18.2. The number of likely N-dealkylation sites (tertiary alicyclic amines) is 1. The zero-order chi connectivity index (χ0) is 21.9. The number of nitrogens with zero attached hydrogens (tertiary/aromatic N) is 7. The van der Waals surface area contributed by atoms with Crippen molar-refractivity contribution >= 4 is 11.7 Å². The highest BCUT2D eigenvalue weighted by Crippen LogP contribution is 2.28. The van der Waals surface area contributed by atoms with Gasteiger partial charge in [-0.3, -0.25) is 9.36 Å². The Morgan fingerprint density at radius 2 is 1.66 bits per heavy atom. The molecule has 0 aliphatic carbocycles. The summed E-state index contributed by atoms with van der Waals surface area (Å²) in [5.74, 6) is 2.23. The first-order chi connectivity index (χ1) is 15.7. The summed E-state index contributed by atoms with van der Waals surface area (Å²) >= 11 is 0. The number of rotatable bonds is 4. The maximum atomic E-state index is 13.0. The van der Waals surface area contributed by atoms with Crippen LogP contribution in [0.1, 0.15) is 40.6 Å². The molecule has 2 aliphatic rings. The number of carbonyl (C=O) groups excluding carboxylic acids is 1. The smallest absolute Gasteiger partial charge is 0.253 e. The normalized spacial score (nSPS) is 17.5. The largest absolute Gasteiger partial charge is 0.378 e. The van der Waals surface area contributed by atoms with Gasteiger partial charge in [0.05, 0.1) is 13.2 Å². The van der Waals surface area contributed by atoms with Gasteiger partial charge in [-0.15, -0.1) is 10.2 Å². The van der Waals surface area contributed by atoms with E-state index in [9.17, 15) is 4.79 Å². The first kappa shape index (κ1) is 20.6. The van der Waals surface area contributed by atoms with Crippen LogP contribution in [-0.4, -0.2) is 74.9 Å². The fraction of sp³-hybridized carbons (Fsp3) is 0.435. The molecule has 166 valence electrons. The molecule has 5 rings (SSSR count). The van der Waals surface area contributed by atoms with Gasteiger partial charge in [-0.25, -0.2) is 9.97 Å². The molecule has 3 aromatic rings. The van der Waals surface area contributed by atoms with Crippen molar-refractivity contribution in [3.8, 4) is 5.69 Å². The molecule has 1 aromatic carbocycles. The molecule has 0 spiro atoms. The van der Waals surface area contributed by atoms with Gasteiger partial charge in [0.1, 0.15) is 24.3 Å². The van der Waals surface area contributed by atoms with Crippen LogP contribution in [0.3, 0.4) is 0 Å². The molecule has 9 nitrogen and oxygen atoms in total. The maximum absolute atomic E-state index is 13.0. The number of amides is 1. The Kier molecular flexibility index (Phi) is 5.81. The standard InChI is InChI=1S/C23H27N7O2/c1-17-14-21(28-10-12-32-13-11-28)27-22(26-17)18-6-8-29(9-7-18)23(31)19-2-4-20(5-3-19)30-15-24-25-16-30/h2-5,14-16,18H,6-13H2,1H3. The van der Waals surface area contributed by atoms with Gasteiger partial charge in [0.25, 0.3) is 5.91 Å². The second kappa shape index (κ2) is 9.04. The molecule has 1 amide bonds. The van der Waals surface area contributed by atoms with Gasteiger partial charge in [0.2, 0.25) is 0 Å². The average Bonchev–Trinajstić information content (AvgIpc) is 3.39. The van der Waals surface area contributed by atoms with Crippen LogP contribution in [0.2, 0.25) is 0 Å². The Bertz CT molecular complexity index is 1050.